The third-order valence-electron chi connectivity index (χ3n) is 3.47. The smallest absolute Gasteiger partial charge is 0.360 e. The van der Waals surface area contributed by atoms with Gasteiger partial charge >= 0.3 is 5.97 Å². The molecular weight excluding hydrogens is 206 g/mol. The molecule has 0 amide bonds. The molecule has 1 aromatic rings. The van der Waals surface area contributed by atoms with Gasteiger partial charge in [-0.2, -0.15) is 0 Å². The predicted molar refractivity (Wildman–Crippen MR) is 57.9 cm³/mol. The van der Waals surface area contributed by atoms with Gasteiger partial charge in [0.15, 0.2) is 12.1 Å². The van der Waals surface area contributed by atoms with Crippen molar-refractivity contribution >= 4 is 5.97 Å². The van der Waals surface area contributed by atoms with Gasteiger partial charge in [0.25, 0.3) is 0 Å². The number of rotatable bonds is 2. The normalized spacial score (nSPS) is 30.0. The van der Waals surface area contributed by atoms with Crippen LogP contribution in [0.1, 0.15) is 43.6 Å². The molecule has 1 aromatic heterocycles. The van der Waals surface area contributed by atoms with Crippen molar-refractivity contribution in [3.63, 3.8) is 0 Å². The molecule has 0 radical (unpaired) electrons. The van der Waals surface area contributed by atoms with Gasteiger partial charge in [-0.25, -0.2) is 9.78 Å². The number of hydrogen-bond acceptors (Lipinski definition) is 4. The summed E-state index contributed by atoms with van der Waals surface area (Å²) in [5.41, 5.74) is 0.256. The lowest BCUT2D eigenvalue weighted by molar-refractivity contribution is 0.00818. The quantitative estimate of drug-likeness (QED) is 0.723. The Morgan fingerprint density at radius 2 is 2.25 bits per heavy atom. The summed E-state index contributed by atoms with van der Waals surface area (Å²) in [6.07, 6.45) is 5.62. The highest BCUT2D eigenvalue weighted by molar-refractivity contribution is 5.86. The van der Waals surface area contributed by atoms with E-state index in [0.717, 1.165) is 25.2 Å². The number of hydrogen-bond donors (Lipinski definition) is 0. The van der Waals surface area contributed by atoms with E-state index in [2.05, 4.69) is 18.8 Å². The van der Waals surface area contributed by atoms with Crippen molar-refractivity contribution in [1.82, 2.24) is 4.98 Å². The van der Waals surface area contributed by atoms with E-state index in [1.807, 2.05) is 0 Å². The number of carbonyl (C=O) groups is 1. The van der Waals surface area contributed by atoms with E-state index in [1.165, 1.54) is 12.7 Å². The standard InChI is InChI=1S/C12H17NO3/c1-8-3-4-10(5-9(8)2)16-12(14)11-6-15-7-13-11/h6-10H,3-5H2,1-2H3. The monoisotopic (exact) mass is 223 g/mol. The molecule has 1 heterocycles. The van der Waals surface area contributed by atoms with Crippen molar-refractivity contribution in [3.8, 4) is 0 Å². The maximum Gasteiger partial charge on any atom is 0.360 e. The Labute approximate surface area is 95.0 Å². The average molecular weight is 223 g/mol. The summed E-state index contributed by atoms with van der Waals surface area (Å²) in [7, 11) is 0. The Kier molecular flexibility index (Phi) is 3.27. The summed E-state index contributed by atoms with van der Waals surface area (Å²) in [4.78, 5) is 15.4. The van der Waals surface area contributed by atoms with E-state index >= 15 is 0 Å². The fraction of sp³-hybridized carbons (Fsp3) is 0.667. The molecule has 2 rings (SSSR count). The van der Waals surface area contributed by atoms with Crippen LogP contribution in [-0.2, 0) is 4.74 Å². The molecule has 1 aliphatic rings. The lowest BCUT2D eigenvalue weighted by atomic mass is 9.80. The van der Waals surface area contributed by atoms with Crippen LogP contribution in [0.3, 0.4) is 0 Å². The highest BCUT2D eigenvalue weighted by Crippen LogP contribution is 2.31. The van der Waals surface area contributed by atoms with Crippen LogP contribution >= 0.6 is 0 Å². The Hall–Kier alpha value is -1.32. The minimum atomic E-state index is -0.375. The van der Waals surface area contributed by atoms with Gasteiger partial charge in [-0.15, -0.1) is 0 Å². The molecule has 1 aliphatic carbocycles. The van der Waals surface area contributed by atoms with Crippen LogP contribution in [0, 0.1) is 11.8 Å². The van der Waals surface area contributed by atoms with Gasteiger partial charge in [0, 0.05) is 0 Å². The number of ether oxygens (including phenoxy) is 1. The zero-order valence-electron chi connectivity index (χ0n) is 9.68. The van der Waals surface area contributed by atoms with Crippen LogP contribution in [0.25, 0.3) is 0 Å². The van der Waals surface area contributed by atoms with Gasteiger partial charge in [0.1, 0.15) is 12.4 Å². The van der Waals surface area contributed by atoms with Crippen molar-refractivity contribution in [2.24, 2.45) is 11.8 Å². The Bertz CT molecular complexity index is 347. The largest absolute Gasteiger partial charge is 0.458 e. The maximum atomic E-state index is 11.6. The molecule has 4 nitrogen and oxygen atoms in total. The summed E-state index contributed by atoms with van der Waals surface area (Å²) in [5, 5.41) is 0. The van der Waals surface area contributed by atoms with Gasteiger partial charge in [0.2, 0.25) is 0 Å². The minimum Gasteiger partial charge on any atom is -0.458 e. The van der Waals surface area contributed by atoms with Crippen LogP contribution in [0.2, 0.25) is 0 Å². The van der Waals surface area contributed by atoms with Gasteiger partial charge in [-0.1, -0.05) is 13.8 Å². The van der Waals surface area contributed by atoms with Crippen molar-refractivity contribution in [2.45, 2.75) is 39.2 Å². The third-order valence-corrected chi connectivity index (χ3v) is 3.47. The zero-order valence-corrected chi connectivity index (χ0v) is 9.68. The van der Waals surface area contributed by atoms with Crippen molar-refractivity contribution in [3.05, 3.63) is 18.4 Å². The molecule has 1 saturated carbocycles. The molecule has 0 aliphatic heterocycles. The van der Waals surface area contributed by atoms with E-state index in [9.17, 15) is 4.79 Å². The van der Waals surface area contributed by atoms with E-state index in [4.69, 9.17) is 9.15 Å². The molecular formula is C12H17NO3. The number of esters is 1. The van der Waals surface area contributed by atoms with Crippen molar-refractivity contribution in [2.75, 3.05) is 0 Å². The first-order valence-corrected chi connectivity index (χ1v) is 5.76. The molecule has 1 fully saturated rings. The first-order valence-electron chi connectivity index (χ1n) is 5.76. The Morgan fingerprint density at radius 3 is 2.88 bits per heavy atom. The summed E-state index contributed by atoms with van der Waals surface area (Å²) < 4.78 is 10.1. The Morgan fingerprint density at radius 1 is 1.44 bits per heavy atom. The second-order valence-electron chi connectivity index (χ2n) is 4.67. The van der Waals surface area contributed by atoms with Gasteiger partial charge < -0.3 is 9.15 Å². The second kappa shape index (κ2) is 4.68. The fourth-order valence-electron chi connectivity index (χ4n) is 2.13. The molecule has 0 bridgehead atoms. The zero-order chi connectivity index (χ0) is 11.5. The van der Waals surface area contributed by atoms with Crippen LogP contribution < -0.4 is 0 Å². The molecule has 0 N–H and O–H groups in total. The summed E-state index contributed by atoms with van der Waals surface area (Å²) >= 11 is 0. The number of nitrogens with zero attached hydrogens (tertiary/aromatic N) is 1. The highest BCUT2D eigenvalue weighted by Gasteiger charge is 2.27. The van der Waals surface area contributed by atoms with Crippen LogP contribution in [-0.4, -0.2) is 17.1 Å². The van der Waals surface area contributed by atoms with Crippen molar-refractivity contribution in [1.29, 1.82) is 0 Å². The molecule has 16 heavy (non-hydrogen) atoms. The van der Waals surface area contributed by atoms with Gasteiger partial charge in [-0.3, -0.25) is 0 Å². The van der Waals surface area contributed by atoms with Crippen molar-refractivity contribution < 1.29 is 13.9 Å². The number of oxazole rings is 1. The average Bonchev–Trinajstić information content (AvgIpc) is 2.77. The highest BCUT2D eigenvalue weighted by atomic mass is 16.5. The van der Waals surface area contributed by atoms with Crippen LogP contribution in [0.5, 0.6) is 0 Å². The molecule has 0 spiro atoms. The van der Waals surface area contributed by atoms with E-state index in [1.54, 1.807) is 0 Å². The molecule has 3 atom stereocenters. The number of carbonyl (C=O) groups excluding carboxylic acids is 1. The lowest BCUT2D eigenvalue weighted by Crippen LogP contribution is -2.28. The second-order valence-corrected chi connectivity index (χ2v) is 4.67. The third kappa shape index (κ3) is 2.43. The molecule has 88 valence electrons. The summed E-state index contributed by atoms with van der Waals surface area (Å²) in [5.74, 6) is 0.964. The summed E-state index contributed by atoms with van der Waals surface area (Å²) in [6.45, 7) is 4.46. The van der Waals surface area contributed by atoms with Gasteiger partial charge in [0.05, 0.1) is 0 Å². The number of aromatic nitrogens is 1. The SMILES string of the molecule is CC1CCC(OC(=O)c2cocn2)CC1C. The van der Waals surface area contributed by atoms with E-state index < -0.39 is 0 Å². The van der Waals surface area contributed by atoms with E-state index in [-0.39, 0.29) is 17.8 Å². The molecule has 3 unspecified atom stereocenters. The lowest BCUT2D eigenvalue weighted by Gasteiger charge is -2.31. The van der Waals surface area contributed by atoms with E-state index in [0.29, 0.717) is 5.92 Å². The van der Waals surface area contributed by atoms with Crippen LogP contribution in [0.15, 0.2) is 17.1 Å². The molecule has 0 saturated heterocycles. The first kappa shape index (κ1) is 11.2. The fourth-order valence-corrected chi connectivity index (χ4v) is 2.13. The molecule has 0 aromatic carbocycles. The minimum absolute atomic E-state index is 0.0374. The molecule has 4 heteroatoms. The van der Waals surface area contributed by atoms with Gasteiger partial charge in [-0.05, 0) is 31.1 Å². The topological polar surface area (TPSA) is 52.3 Å². The summed E-state index contributed by atoms with van der Waals surface area (Å²) in [6, 6.07) is 0. The Balaban J connectivity index is 1.89. The maximum absolute atomic E-state index is 11.6. The van der Waals surface area contributed by atoms with Crippen LogP contribution in [0.4, 0.5) is 0 Å². The predicted octanol–water partition coefficient (Wildman–Crippen LogP) is 2.66. The first-order chi connectivity index (χ1) is 7.66.